The number of thioether (sulfide) groups is 1. The number of hydrogen-bond acceptors (Lipinski definition) is 4. The van der Waals surface area contributed by atoms with Gasteiger partial charge in [0.1, 0.15) is 0 Å². The number of nitrogens with one attached hydrogen (secondary N) is 1. The summed E-state index contributed by atoms with van der Waals surface area (Å²) in [5.74, 6) is 0.868. The van der Waals surface area contributed by atoms with E-state index in [4.69, 9.17) is 4.74 Å². The Morgan fingerprint density at radius 3 is 3.12 bits per heavy atom. The first-order valence-corrected chi connectivity index (χ1v) is 9.31. The maximum absolute atomic E-state index is 12.6. The smallest absolute Gasteiger partial charge is 0.252 e. The molecule has 2 unspecified atom stereocenters. The van der Waals surface area contributed by atoms with Crippen LogP contribution in [0.5, 0.6) is 0 Å². The van der Waals surface area contributed by atoms with E-state index in [-0.39, 0.29) is 11.9 Å². The predicted octanol–water partition coefficient (Wildman–Crippen LogP) is 2.97. The summed E-state index contributed by atoms with van der Waals surface area (Å²) in [6, 6.07) is 7.81. The summed E-state index contributed by atoms with van der Waals surface area (Å²) < 4.78 is 7.63. The van der Waals surface area contributed by atoms with Gasteiger partial charge in [0.15, 0.2) is 0 Å². The van der Waals surface area contributed by atoms with Crippen LogP contribution < -0.4 is 5.32 Å². The second kappa shape index (κ2) is 8.35. The van der Waals surface area contributed by atoms with Crippen LogP contribution in [0, 0.1) is 0 Å². The van der Waals surface area contributed by atoms with E-state index < -0.39 is 0 Å². The van der Waals surface area contributed by atoms with Crippen LogP contribution in [0.1, 0.15) is 30.1 Å². The fraction of sp³-hybridized carbons (Fsp3) is 0.444. The first kappa shape index (κ1) is 17.0. The SMILES string of the molecule is CC(Cn1ccnc1)NC(=O)c1ccccc1SCC1CCCO1. The standard InChI is InChI=1S/C18H23N3O2S/c1-14(11-21-9-8-19-13-21)20-18(22)16-6-2-3-7-17(16)24-12-15-5-4-10-23-15/h2-3,6-9,13-15H,4-5,10-12H2,1H3,(H,20,22). The third-order valence-corrected chi connectivity index (χ3v) is 5.21. The topological polar surface area (TPSA) is 56.2 Å². The van der Waals surface area contributed by atoms with Gasteiger partial charge in [-0.3, -0.25) is 4.79 Å². The van der Waals surface area contributed by atoms with E-state index in [0.717, 1.165) is 35.7 Å². The van der Waals surface area contributed by atoms with Gasteiger partial charge in [0.25, 0.3) is 5.91 Å². The van der Waals surface area contributed by atoms with Crippen LogP contribution in [0.2, 0.25) is 0 Å². The first-order chi connectivity index (χ1) is 11.7. The number of carbonyl (C=O) groups excluding carboxylic acids is 1. The zero-order chi connectivity index (χ0) is 16.8. The van der Waals surface area contributed by atoms with Crippen LogP contribution in [0.25, 0.3) is 0 Å². The zero-order valence-electron chi connectivity index (χ0n) is 13.9. The fourth-order valence-electron chi connectivity index (χ4n) is 2.80. The molecule has 1 aliphatic rings. The molecule has 1 saturated heterocycles. The lowest BCUT2D eigenvalue weighted by molar-refractivity contribution is 0.0933. The molecule has 1 aromatic carbocycles. The molecule has 0 bridgehead atoms. The van der Waals surface area contributed by atoms with Gasteiger partial charge in [-0.05, 0) is 31.9 Å². The molecule has 3 rings (SSSR count). The number of imidazole rings is 1. The van der Waals surface area contributed by atoms with Crippen LogP contribution in [0.15, 0.2) is 47.9 Å². The molecule has 1 fully saturated rings. The van der Waals surface area contributed by atoms with Gasteiger partial charge < -0.3 is 14.6 Å². The fourth-order valence-corrected chi connectivity index (χ4v) is 3.92. The molecule has 128 valence electrons. The van der Waals surface area contributed by atoms with Gasteiger partial charge in [-0.15, -0.1) is 11.8 Å². The summed E-state index contributed by atoms with van der Waals surface area (Å²) in [5, 5.41) is 3.07. The second-order valence-corrected chi connectivity index (χ2v) is 7.14. The van der Waals surface area contributed by atoms with Crippen molar-refractivity contribution in [1.82, 2.24) is 14.9 Å². The summed E-state index contributed by atoms with van der Waals surface area (Å²) in [5.41, 5.74) is 0.734. The van der Waals surface area contributed by atoms with Crippen LogP contribution in [0.3, 0.4) is 0 Å². The maximum Gasteiger partial charge on any atom is 0.252 e. The molecule has 0 spiro atoms. The molecule has 1 aromatic heterocycles. The van der Waals surface area contributed by atoms with Crippen molar-refractivity contribution < 1.29 is 9.53 Å². The van der Waals surface area contributed by atoms with Crippen molar-refractivity contribution in [3.8, 4) is 0 Å². The van der Waals surface area contributed by atoms with Gasteiger partial charge in [0, 0.05) is 42.2 Å². The monoisotopic (exact) mass is 345 g/mol. The van der Waals surface area contributed by atoms with Gasteiger partial charge >= 0.3 is 0 Å². The van der Waals surface area contributed by atoms with Crippen LogP contribution in [0.4, 0.5) is 0 Å². The van der Waals surface area contributed by atoms with Crippen molar-refractivity contribution in [2.75, 3.05) is 12.4 Å². The Labute approximate surface area is 146 Å². The van der Waals surface area contributed by atoms with Crippen molar-refractivity contribution >= 4 is 17.7 Å². The summed E-state index contributed by atoms with van der Waals surface area (Å²) in [6.07, 6.45) is 7.96. The Bertz CT molecular complexity index is 654. The van der Waals surface area contributed by atoms with E-state index in [1.807, 2.05) is 42.0 Å². The quantitative estimate of drug-likeness (QED) is 0.784. The number of aromatic nitrogens is 2. The molecule has 0 aliphatic carbocycles. The molecule has 1 aliphatic heterocycles. The Morgan fingerprint density at radius 2 is 2.38 bits per heavy atom. The normalized spacial score (nSPS) is 18.5. The third kappa shape index (κ3) is 4.61. The van der Waals surface area contributed by atoms with Gasteiger partial charge in [-0.1, -0.05) is 12.1 Å². The number of amides is 1. The second-order valence-electron chi connectivity index (χ2n) is 6.08. The highest BCUT2D eigenvalue weighted by atomic mass is 32.2. The van der Waals surface area contributed by atoms with Gasteiger partial charge in [0.2, 0.25) is 0 Å². The molecule has 5 nitrogen and oxygen atoms in total. The largest absolute Gasteiger partial charge is 0.377 e. The van der Waals surface area contributed by atoms with Crippen molar-refractivity contribution in [3.05, 3.63) is 48.5 Å². The molecule has 6 heteroatoms. The summed E-state index contributed by atoms with van der Waals surface area (Å²) in [7, 11) is 0. The Kier molecular flexibility index (Phi) is 5.93. The van der Waals surface area contributed by atoms with Crippen molar-refractivity contribution in [1.29, 1.82) is 0 Å². The van der Waals surface area contributed by atoms with E-state index in [9.17, 15) is 4.79 Å². The lowest BCUT2D eigenvalue weighted by Gasteiger charge is -2.16. The molecule has 24 heavy (non-hydrogen) atoms. The highest BCUT2D eigenvalue weighted by molar-refractivity contribution is 7.99. The van der Waals surface area contributed by atoms with Crippen molar-refractivity contribution in [2.45, 2.75) is 43.4 Å². The van der Waals surface area contributed by atoms with Gasteiger partial charge in [0.05, 0.1) is 18.0 Å². The zero-order valence-corrected chi connectivity index (χ0v) is 14.7. The number of ether oxygens (including phenoxy) is 1. The Morgan fingerprint density at radius 1 is 1.50 bits per heavy atom. The summed E-state index contributed by atoms with van der Waals surface area (Å²) >= 11 is 1.70. The van der Waals surface area contributed by atoms with Crippen LogP contribution >= 0.6 is 11.8 Å². The van der Waals surface area contributed by atoms with Crippen LogP contribution in [-0.2, 0) is 11.3 Å². The highest BCUT2D eigenvalue weighted by Crippen LogP contribution is 2.26. The molecular formula is C18H23N3O2S. The molecule has 1 amide bonds. The number of rotatable bonds is 7. The summed E-state index contributed by atoms with van der Waals surface area (Å²) in [4.78, 5) is 17.7. The summed E-state index contributed by atoms with van der Waals surface area (Å²) in [6.45, 7) is 3.57. The average Bonchev–Trinajstić information content (AvgIpc) is 3.26. The average molecular weight is 345 g/mol. The van der Waals surface area contributed by atoms with Gasteiger partial charge in [-0.2, -0.15) is 0 Å². The number of hydrogen-bond donors (Lipinski definition) is 1. The lowest BCUT2D eigenvalue weighted by atomic mass is 10.2. The van der Waals surface area contributed by atoms with Crippen molar-refractivity contribution in [2.24, 2.45) is 0 Å². The van der Waals surface area contributed by atoms with Crippen molar-refractivity contribution in [3.63, 3.8) is 0 Å². The Hall–Kier alpha value is -1.79. The maximum atomic E-state index is 12.6. The Balaban J connectivity index is 1.59. The van der Waals surface area contributed by atoms with E-state index in [1.54, 1.807) is 24.3 Å². The molecule has 1 N–H and O–H groups in total. The molecule has 2 atom stereocenters. The number of nitrogens with zero attached hydrogens (tertiary/aromatic N) is 2. The van der Waals surface area contributed by atoms with Crippen LogP contribution in [-0.4, -0.2) is 40.0 Å². The number of benzene rings is 1. The molecule has 0 saturated carbocycles. The van der Waals surface area contributed by atoms with E-state index >= 15 is 0 Å². The highest BCUT2D eigenvalue weighted by Gasteiger charge is 2.18. The first-order valence-electron chi connectivity index (χ1n) is 8.32. The van der Waals surface area contributed by atoms with E-state index in [0.29, 0.717) is 12.6 Å². The molecule has 2 heterocycles. The minimum atomic E-state index is -0.0296. The van der Waals surface area contributed by atoms with Gasteiger partial charge in [-0.25, -0.2) is 4.98 Å². The lowest BCUT2D eigenvalue weighted by Crippen LogP contribution is -2.35. The molecule has 0 radical (unpaired) electrons. The predicted molar refractivity (Wildman–Crippen MR) is 95.3 cm³/mol. The minimum Gasteiger partial charge on any atom is -0.377 e. The molecule has 2 aromatic rings. The molecular weight excluding hydrogens is 322 g/mol. The third-order valence-electron chi connectivity index (χ3n) is 4.00. The van der Waals surface area contributed by atoms with E-state index in [1.165, 1.54) is 0 Å². The van der Waals surface area contributed by atoms with E-state index in [2.05, 4.69) is 10.3 Å². The number of carbonyl (C=O) groups is 1. The minimum absolute atomic E-state index is 0.0296.